The molecule has 0 radical (unpaired) electrons. The Bertz CT molecular complexity index is 1330. The molecule has 0 spiro atoms. The quantitative estimate of drug-likeness (QED) is 0.202. The lowest BCUT2D eigenvalue weighted by Crippen LogP contribution is -2.13. The maximum Gasteiger partial charge on any atom is 0.268 e. The van der Waals surface area contributed by atoms with E-state index in [1.165, 1.54) is 31.4 Å². The van der Waals surface area contributed by atoms with Gasteiger partial charge in [0.05, 0.1) is 12.1 Å². The Balaban J connectivity index is 1.63. The monoisotopic (exact) mass is 541 g/mol. The normalized spacial score (nSPS) is 10.8. The van der Waals surface area contributed by atoms with Gasteiger partial charge in [0.2, 0.25) is 11.0 Å². The van der Waals surface area contributed by atoms with Crippen molar-refractivity contribution in [2.45, 2.75) is 20.3 Å². The lowest BCUT2D eigenvalue weighted by Gasteiger charge is -2.14. The number of aryl methyl sites for hydroxylation is 1. The average Bonchev–Trinajstić information content (AvgIpc) is 3.33. The van der Waals surface area contributed by atoms with Crippen LogP contribution in [0.3, 0.4) is 0 Å². The number of aromatic nitrogens is 2. The molecule has 0 saturated carbocycles. The number of carbonyl (C=O) groups excluding carboxylic acids is 2. The van der Waals surface area contributed by atoms with E-state index in [-0.39, 0.29) is 29.7 Å². The number of hydrogen-bond acceptors (Lipinski definition) is 9. The van der Waals surface area contributed by atoms with E-state index < -0.39 is 5.91 Å². The first-order valence-corrected chi connectivity index (χ1v) is 12.3. The van der Waals surface area contributed by atoms with Crippen LogP contribution in [0.2, 0.25) is 5.02 Å². The SMILES string of the molecule is CCc1nnc(NC(=O)/C(C#N)=C\c2cc(Cl)c(OCCOc3ccc(NC(C)=O)cc3)c(OC)c2)s1. The second kappa shape index (κ2) is 13.2. The van der Waals surface area contributed by atoms with Crippen LogP contribution in [-0.2, 0) is 16.0 Å². The van der Waals surface area contributed by atoms with Gasteiger partial charge in [0.25, 0.3) is 5.91 Å². The summed E-state index contributed by atoms with van der Waals surface area (Å²) < 4.78 is 16.8. The molecule has 0 atom stereocenters. The minimum atomic E-state index is -0.612. The summed E-state index contributed by atoms with van der Waals surface area (Å²) in [6.07, 6.45) is 2.09. The summed E-state index contributed by atoms with van der Waals surface area (Å²) in [5, 5.41) is 23.9. The summed E-state index contributed by atoms with van der Waals surface area (Å²) in [7, 11) is 1.46. The van der Waals surface area contributed by atoms with Gasteiger partial charge in [-0.3, -0.25) is 14.9 Å². The first-order valence-electron chi connectivity index (χ1n) is 11.1. The number of rotatable bonds is 11. The number of benzene rings is 2. The molecular weight excluding hydrogens is 518 g/mol. The van der Waals surface area contributed by atoms with E-state index in [9.17, 15) is 14.9 Å². The van der Waals surface area contributed by atoms with Crippen LogP contribution in [0.5, 0.6) is 17.2 Å². The number of anilines is 2. The fraction of sp³-hybridized carbons (Fsp3) is 0.240. The molecule has 37 heavy (non-hydrogen) atoms. The van der Waals surface area contributed by atoms with Gasteiger partial charge in [0.1, 0.15) is 35.6 Å². The zero-order valence-corrected chi connectivity index (χ0v) is 21.9. The topological polar surface area (TPSA) is 135 Å². The van der Waals surface area contributed by atoms with E-state index in [4.69, 9.17) is 25.8 Å². The molecule has 10 nitrogen and oxygen atoms in total. The molecule has 0 aliphatic heterocycles. The minimum absolute atomic E-state index is 0.141. The maximum atomic E-state index is 12.5. The van der Waals surface area contributed by atoms with Crippen LogP contribution in [0.1, 0.15) is 24.4 Å². The number of nitrogens with one attached hydrogen (secondary N) is 2. The third kappa shape index (κ3) is 7.93. The Morgan fingerprint density at radius 1 is 1.14 bits per heavy atom. The summed E-state index contributed by atoms with van der Waals surface area (Å²) in [5.74, 6) is 0.472. The summed E-state index contributed by atoms with van der Waals surface area (Å²) in [6, 6.07) is 12.0. The molecule has 0 aliphatic carbocycles. The van der Waals surface area contributed by atoms with Gasteiger partial charge in [-0.05, 0) is 54.5 Å². The van der Waals surface area contributed by atoms with Crippen LogP contribution in [0.25, 0.3) is 6.08 Å². The molecule has 0 fully saturated rings. The van der Waals surface area contributed by atoms with E-state index in [1.807, 2.05) is 13.0 Å². The smallest absolute Gasteiger partial charge is 0.268 e. The van der Waals surface area contributed by atoms with Gasteiger partial charge in [-0.25, -0.2) is 0 Å². The second-order valence-corrected chi connectivity index (χ2v) is 8.88. The van der Waals surface area contributed by atoms with Crippen LogP contribution < -0.4 is 24.8 Å². The van der Waals surface area contributed by atoms with E-state index in [0.717, 1.165) is 5.01 Å². The van der Waals surface area contributed by atoms with Crippen molar-refractivity contribution in [2.75, 3.05) is 31.0 Å². The van der Waals surface area contributed by atoms with E-state index >= 15 is 0 Å². The van der Waals surface area contributed by atoms with E-state index in [1.54, 1.807) is 36.4 Å². The summed E-state index contributed by atoms with van der Waals surface area (Å²) in [6.45, 7) is 3.77. The third-order valence-electron chi connectivity index (χ3n) is 4.69. The molecule has 2 aromatic carbocycles. The zero-order valence-electron chi connectivity index (χ0n) is 20.3. The van der Waals surface area contributed by atoms with Gasteiger partial charge in [0.15, 0.2) is 11.5 Å². The van der Waals surface area contributed by atoms with Gasteiger partial charge >= 0.3 is 0 Å². The first-order chi connectivity index (χ1) is 17.8. The lowest BCUT2D eigenvalue weighted by atomic mass is 10.1. The van der Waals surface area contributed by atoms with Crippen LogP contribution in [0.4, 0.5) is 10.8 Å². The molecule has 0 unspecified atom stereocenters. The highest BCUT2D eigenvalue weighted by molar-refractivity contribution is 7.15. The number of methoxy groups -OCH3 is 1. The van der Waals surface area contributed by atoms with Crippen molar-refractivity contribution in [1.29, 1.82) is 5.26 Å². The summed E-state index contributed by atoms with van der Waals surface area (Å²) in [5.41, 5.74) is 1.01. The van der Waals surface area contributed by atoms with Crippen LogP contribution >= 0.6 is 22.9 Å². The molecule has 0 aliphatic rings. The number of ether oxygens (including phenoxy) is 3. The average molecular weight is 542 g/mol. The Labute approximate surface area is 222 Å². The molecule has 192 valence electrons. The van der Waals surface area contributed by atoms with Crippen molar-refractivity contribution in [2.24, 2.45) is 0 Å². The molecule has 2 N–H and O–H groups in total. The largest absolute Gasteiger partial charge is 0.493 e. The number of hydrogen-bond donors (Lipinski definition) is 2. The van der Waals surface area contributed by atoms with Gasteiger partial charge in [-0.2, -0.15) is 5.26 Å². The predicted octanol–water partition coefficient (Wildman–Crippen LogP) is 4.72. The van der Waals surface area contributed by atoms with Crippen molar-refractivity contribution < 1.29 is 23.8 Å². The Morgan fingerprint density at radius 3 is 2.49 bits per heavy atom. The van der Waals surface area contributed by atoms with Gasteiger partial charge < -0.3 is 19.5 Å². The first kappa shape index (κ1) is 27.4. The Kier molecular flexibility index (Phi) is 9.83. The lowest BCUT2D eigenvalue weighted by molar-refractivity contribution is -0.114. The van der Waals surface area contributed by atoms with Crippen LogP contribution in [0.15, 0.2) is 42.0 Å². The van der Waals surface area contributed by atoms with Crippen molar-refractivity contribution >= 4 is 51.6 Å². The highest BCUT2D eigenvalue weighted by atomic mass is 35.5. The van der Waals surface area contributed by atoms with Crippen molar-refractivity contribution in [3.63, 3.8) is 0 Å². The van der Waals surface area contributed by atoms with E-state index in [2.05, 4.69) is 20.8 Å². The Hall–Kier alpha value is -4.14. The second-order valence-electron chi connectivity index (χ2n) is 7.42. The standard InChI is InChI=1S/C25H24ClN5O5S/c1-4-22-30-31-25(37-22)29-24(33)17(14-27)11-16-12-20(26)23(21(13-16)34-3)36-10-9-35-19-7-5-18(6-8-19)28-15(2)32/h5-8,11-13H,4,9-10H2,1-3H3,(H,28,32)(H,29,31,33)/b17-11-. The molecule has 3 rings (SSSR count). The summed E-state index contributed by atoms with van der Waals surface area (Å²) in [4.78, 5) is 23.6. The third-order valence-corrected chi connectivity index (χ3v) is 5.95. The predicted molar refractivity (Wildman–Crippen MR) is 141 cm³/mol. The van der Waals surface area contributed by atoms with Crippen molar-refractivity contribution in [3.05, 3.63) is 57.6 Å². The van der Waals surface area contributed by atoms with Crippen LogP contribution in [0, 0.1) is 11.3 Å². The summed E-state index contributed by atoms with van der Waals surface area (Å²) >= 11 is 7.66. The molecule has 1 heterocycles. The fourth-order valence-electron chi connectivity index (χ4n) is 3.03. The van der Waals surface area contributed by atoms with Gasteiger partial charge in [-0.15, -0.1) is 10.2 Å². The molecular formula is C25H24ClN5O5S. The number of amides is 2. The van der Waals surface area contributed by atoms with Crippen molar-refractivity contribution in [3.8, 4) is 23.3 Å². The molecule has 3 aromatic rings. The highest BCUT2D eigenvalue weighted by Crippen LogP contribution is 2.37. The molecule has 1 aromatic heterocycles. The number of nitriles is 1. The van der Waals surface area contributed by atoms with Crippen LogP contribution in [-0.4, -0.2) is 42.3 Å². The number of nitrogens with zero attached hydrogens (tertiary/aromatic N) is 3. The van der Waals surface area contributed by atoms with Crippen molar-refractivity contribution in [1.82, 2.24) is 10.2 Å². The molecule has 2 amide bonds. The van der Waals surface area contributed by atoms with Gasteiger partial charge in [0, 0.05) is 12.6 Å². The van der Waals surface area contributed by atoms with Gasteiger partial charge in [-0.1, -0.05) is 29.9 Å². The minimum Gasteiger partial charge on any atom is -0.493 e. The Morgan fingerprint density at radius 2 is 1.86 bits per heavy atom. The fourth-order valence-corrected chi connectivity index (χ4v) is 3.98. The number of carbonyl (C=O) groups is 2. The number of halogens is 1. The highest BCUT2D eigenvalue weighted by Gasteiger charge is 2.16. The zero-order chi connectivity index (χ0) is 26.8. The molecule has 12 heteroatoms. The molecule has 0 bridgehead atoms. The van der Waals surface area contributed by atoms with E-state index in [0.29, 0.717) is 40.1 Å². The maximum absolute atomic E-state index is 12.5. The molecule has 0 saturated heterocycles.